The number of allylic oxidation sites excluding steroid dienone is 7. The number of benzene rings is 5. The monoisotopic (exact) mass is 1090 g/mol. The van der Waals surface area contributed by atoms with Gasteiger partial charge < -0.3 is 25.1 Å². The molecule has 2 aliphatic rings. The van der Waals surface area contributed by atoms with Crippen LogP contribution in [0.3, 0.4) is 0 Å². The number of unbranched alkanes of at least 4 members (excludes halogenated alkanes) is 3. The highest BCUT2D eigenvalue weighted by molar-refractivity contribution is 6.39. The molecule has 0 heterocycles. The molecule has 0 amide bonds. The van der Waals surface area contributed by atoms with E-state index >= 15 is 0 Å². The third-order valence-electron chi connectivity index (χ3n) is 15.8. The lowest BCUT2D eigenvalue weighted by molar-refractivity contribution is -0.448. The number of para-hydroxylation sites is 1. The fourth-order valence-electron chi connectivity index (χ4n) is 10.3. The van der Waals surface area contributed by atoms with Crippen molar-refractivity contribution in [2.45, 2.75) is 139 Å². The van der Waals surface area contributed by atoms with E-state index < -0.39 is 22.4 Å². The predicted molar refractivity (Wildman–Crippen MR) is 343 cm³/mol. The van der Waals surface area contributed by atoms with E-state index in [0.717, 1.165) is 61.2 Å². The number of carbonyl (C=O) groups is 1. The summed E-state index contributed by atoms with van der Waals surface area (Å²) in [6.45, 7) is 23.0. The third kappa shape index (κ3) is 17.3. The van der Waals surface area contributed by atoms with Gasteiger partial charge in [0.05, 0.1) is 0 Å². The van der Waals surface area contributed by atoms with Gasteiger partial charge in [0.1, 0.15) is 0 Å². The molecule has 430 valence electrons. The van der Waals surface area contributed by atoms with Crippen LogP contribution in [0.5, 0.6) is 11.5 Å². The van der Waals surface area contributed by atoms with E-state index in [1.54, 1.807) is 0 Å². The van der Waals surface area contributed by atoms with Crippen molar-refractivity contribution in [3.8, 4) is 11.5 Å². The maximum Gasteiger partial charge on any atom is 0.275 e. The second-order valence-electron chi connectivity index (χ2n) is 21.8. The molecule has 3 atom stereocenters. The van der Waals surface area contributed by atoms with Gasteiger partial charge in [-0.15, -0.1) is 0 Å². The Balaban J connectivity index is 0.000000318. The quantitative estimate of drug-likeness (QED) is 0.0266. The Morgan fingerprint density at radius 3 is 1.25 bits per heavy atom. The number of anilines is 4. The number of ketones is 1. The summed E-state index contributed by atoms with van der Waals surface area (Å²) in [5.74, 6) is -0.0649. The number of aromatic hydroxyl groups is 2. The van der Waals surface area contributed by atoms with E-state index in [1.807, 2.05) is 24.3 Å². The lowest BCUT2D eigenvalue weighted by Gasteiger charge is -2.33. The van der Waals surface area contributed by atoms with Gasteiger partial charge in [-0.3, -0.25) is 14.4 Å². The lowest BCUT2D eigenvalue weighted by atomic mass is 9.80. The van der Waals surface area contributed by atoms with E-state index in [2.05, 4.69) is 204 Å². The first kappa shape index (κ1) is 64.4. The fraction of sp³-hybridized carbons (Fsp3) is 0.380. The first-order chi connectivity index (χ1) is 38.7. The minimum absolute atomic E-state index is 0. The molecule has 3 unspecified atom stereocenters. The molecule has 0 fully saturated rings. The maximum atomic E-state index is 13.6. The van der Waals surface area contributed by atoms with Gasteiger partial charge in [0.25, 0.3) is 10.9 Å². The standard InChI is InChI=1S/C46H56N2O2.C21H29N.C4H2O4.BH4/c1-7-11-13-35(9-3)31-47(39-23-15-33(5)16-24-39)41-27-19-37(20-28-41)43-45(49)44(46(43)50)38-21-29-42(30-22-38)48(32-36(10-4)14-12-8-2)40-25-17-34(6)18-26-40;1-4-6-10-19(5-2)17-22(20-11-8-7-9-12-20)21-15-13-18(3)14-16-21;5-1-2(6)4(8)3(1)7;/h15-30,35-36H,7-14,31-32H2,1-6H3;7-9,11-16,19H,4-6,10,17H2,1-3H3;5-6H;1H4/q;;;-1. The van der Waals surface area contributed by atoms with E-state index in [9.17, 15) is 19.5 Å². The molecule has 0 saturated carbocycles. The van der Waals surface area contributed by atoms with Crippen LogP contribution in [-0.2, 0) is 4.79 Å². The van der Waals surface area contributed by atoms with E-state index in [1.165, 1.54) is 92.3 Å². The van der Waals surface area contributed by atoms with Crippen LogP contribution < -0.4 is 25.8 Å². The first-order valence-corrected chi connectivity index (χ1v) is 29.5. The van der Waals surface area contributed by atoms with Crippen LogP contribution in [0.2, 0.25) is 0 Å². The number of hydrogen-bond acceptors (Lipinski definition) is 8. The number of hydrogen-bond donors (Lipinski definition) is 2. The Hall–Kier alpha value is -7.46. The van der Waals surface area contributed by atoms with Gasteiger partial charge in [0.2, 0.25) is 22.9 Å². The smallest absolute Gasteiger partial charge is 0.275 e. The molecule has 0 spiro atoms. The number of carbonyl (C=O) groups excluding carboxylic acids is 1. The Morgan fingerprint density at radius 1 is 0.481 bits per heavy atom. The predicted octanol–water partition coefficient (Wildman–Crippen LogP) is 14.3. The Morgan fingerprint density at radius 2 is 0.864 bits per heavy atom. The average Bonchev–Trinajstić information content (AvgIpc) is 3.49. The van der Waals surface area contributed by atoms with Crippen molar-refractivity contribution < 1.29 is 24.7 Å². The van der Waals surface area contributed by atoms with Crippen molar-refractivity contribution in [2.24, 2.45) is 17.8 Å². The van der Waals surface area contributed by atoms with Gasteiger partial charge in [-0.05, 0) is 130 Å². The van der Waals surface area contributed by atoms with Crippen molar-refractivity contribution in [1.82, 2.24) is 0 Å². The number of nitrogens with zero attached hydrogens (tertiary/aromatic N) is 3. The summed E-state index contributed by atoms with van der Waals surface area (Å²) < 4.78 is 2.38. The summed E-state index contributed by atoms with van der Waals surface area (Å²) in [5, 5.41) is 30.0. The molecule has 6 aromatic rings. The topological polar surface area (TPSA) is 124 Å². The van der Waals surface area contributed by atoms with Gasteiger partial charge in [-0.2, -0.15) is 4.58 Å². The number of aryl methyl sites for hydroxylation is 3. The van der Waals surface area contributed by atoms with Crippen LogP contribution in [-0.4, -0.2) is 54.3 Å². The molecule has 2 N–H and O–H groups in total. The van der Waals surface area contributed by atoms with Crippen LogP contribution in [0.1, 0.15) is 141 Å². The summed E-state index contributed by atoms with van der Waals surface area (Å²) in [4.78, 5) is 38.3. The molecule has 0 aliphatic heterocycles. The van der Waals surface area contributed by atoms with Crippen molar-refractivity contribution in [3.63, 3.8) is 0 Å². The number of rotatable bonds is 24. The van der Waals surface area contributed by atoms with E-state index in [-0.39, 0.29) is 31.1 Å². The first-order valence-electron chi connectivity index (χ1n) is 29.5. The van der Waals surface area contributed by atoms with Gasteiger partial charge in [0, 0.05) is 77.2 Å². The van der Waals surface area contributed by atoms with Crippen molar-refractivity contribution in [2.75, 3.05) is 29.4 Å². The molecule has 81 heavy (non-hydrogen) atoms. The highest BCUT2D eigenvalue weighted by atomic mass is 16.3. The van der Waals surface area contributed by atoms with Crippen LogP contribution in [0.4, 0.5) is 28.4 Å². The van der Waals surface area contributed by atoms with Crippen molar-refractivity contribution >= 4 is 53.9 Å². The molecule has 0 saturated heterocycles. The third-order valence-corrected chi connectivity index (χ3v) is 15.8. The summed E-state index contributed by atoms with van der Waals surface area (Å²) >= 11 is 0. The molecule has 0 aromatic heterocycles. The summed E-state index contributed by atoms with van der Waals surface area (Å²) in [6.07, 6.45) is 22.7. The van der Waals surface area contributed by atoms with Gasteiger partial charge >= 0.3 is 0 Å². The molecule has 10 heteroatoms. The Kier molecular flexibility index (Phi) is 25.5. The van der Waals surface area contributed by atoms with E-state index in [4.69, 9.17) is 10.2 Å². The van der Waals surface area contributed by atoms with Crippen LogP contribution in [0, 0.1) is 38.5 Å². The molecular formula is C71H91BN3O6-. The molecule has 0 radical (unpaired) electrons. The summed E-state index contributed by atoms with van der Waals surface area (Å²) in [6, 6.07) is 45.1. The second kappa shape index (κ2) is 32.1. The largest absolute Gasteiger partial charge is 0.871 e. The Labute approximate surface area is 485 Å². The van der Waals surface area contributed by atoms with Crippen LogP contribution >= 0.6 is 0 Å². The van der Waals surface area contributed by atoms with Crippen LogP contribution in [0.25, 0.3) is 5.57 Å². The summed E-state index contributed by atoms with van der Waals surface area (Å²) in [7, 11) is 0. The maximum absolute atomic E-state index is 13.6. The lowest BCUT2D eigenvalue weighted by Crippen LogP contribution is -2.30. The SMILES string of the molecule is CCCCC(CC)CN(c1ccc(C)cc1)c1ccc(C2=C([O-])C(=C3C=CC(=[N+](CC(CC)CCCC)c4ccc(C)cc4)C=C3)C2=O)cc1.CCCCC(CC)CN(c1ccccc1)c1ccc(C)cc1.O=c1c(O)c(O)c1=O.[BH4-]. The molecule has 2 aliphatic carbocycles. The molecular weight excluding hydrogens is 1000 g/mol. The van der Waals surface area contributed by atoms with Crippen LogP contribution in [0.15, 0.2) is 178 Å². The molecule has 9 nitrogen and oxygen atoms in total. The highest BCUT2D eigenvalue weighted by Gasteiger charge is 2.31. The van der Waals surface area contributed by atoms with Gasteiger partial charge in [-0.25, -0.2) is 0 Å². The van der Waals surface area contributed by atoms with Gasteiger partial charge in [0.15, 0.2) is 12.3 Å². The molecule has 0 bridgehead atoms. The zero-order chi connectivity index (χ0) is 57.7. The minimum atomic E-state index is -1.01. The summed E-state index contributed by atoms with van der Waals surface area (Å²) in [5.41, 5.74) is 10.8. The van der Waals surface area contributed by atoms with Crippen molar-refractivity contribution in [1.29, 1.82) is 0 Å². The zero-order valence-corrected chi connectivity index (χ0v) is 49.1. The van der Waals surface area contributed by atoms with Gasteiger partial charge in [-0.1, -0.05) is 191 Å². The normalized spacial score (nSPS) is 13.8. The zero-order valence-electron chi connectivity index (χ0n) is 49.1. The second-order valence-corrected chi connectivity index (χ2v) is 21.8. The highest BCUT2D eigenvalue weighted by Crippen LogP contribution is 2.39. The average molecular weight is 1090 g/mol. The number of Topliss-reactive ketones (excluding diaryl/α,β-unsaturated/α-hetero) is 1. The molecule has 8 rings (SSSR count). The minimum Gasteiger partial charge on any atom is -0.871 e. The molecule has 6 aromatic carbocycles. The van der Waals surface area contributed by atoms with E-state index in [0.29, 0.717) is 23.0 Å². The Bertz CT molecular complexity index is 3120. The van der Waals surface area contributed by atoms with Crippen molar-refractivity contribution in [3.05, 3.63) is 211 Å². The fourth-order valence-corrected chi connectivity index (χ4v) is 10.3.